The molecule has 2 amide bonds. The van der Waals surface area contributed by atoms with E-state index in [0.717, 1.165) is 57.9 Å². The second-order valence-corrected chi connectivity index (χ2v) is 8.81. The number of amides is 2. The van der Waals surface area contributed by atoms with Gasteiger partial charge in [-0.2, -0.15) is 0 Å². The number of piperidine rings is 1. The van der Waals surface area contributed by atoms with E-state index in [9.17, 15) is 4.79 Å². The molecule has 1 aromatic carbocycles. The number of nitrogens with zero attached hydrogens (tertiary/aromatic N) is 5. The second-order valence-electron chi connectivity index (χ2n) is 8.81. The number of hydrogen-bond donors (Lipinski definition) is 1. The molecule has 166 valence electrons. The molecule has 7 heteroatoms. The van der Waals surface area contributed by atoms with Gasteiger partial charge in [0.15, 0.2) is 0 Å². The van der Waals surface area contributed by atoms with Crippen molar-refractivity contribution in [3.63, 3.8) is 0 Å². The first-order valence-electron chi connectivity index (χ1n) is 11.5. The van der Waals surface area contributed by atoms with Gasteiger partial charge in [-0.1, -0.05) is 30.3 Å². The number of rotatable bonds is 6. The molecule has 2 aliphatic rings. The van der Waals surface area contributed by atoms with E-state index in [0.29, 0.717) is 5.92 Å². The summed E-state index contributed by atoms with van der Waals surface area (Å²) in [5.41, 5.74) is 2.41. The highest BCUT2D eigenvalue weighted by molar-refractivity contribution is 5.75. The minimum Gasteiger partial charge on any atom is -0.365 e. The van der Waals surface area contributed by atoms with Gasteiger partial charge in [0.2, 0.25) is 0 Å². The molecule has 2 aliphatic heterocycles. The molecule has 31 heavy (non-hydrogen) atoms. The van der Waals surface area contributed by atoms with E-state index in [2.05, 4.69) is 62.3 Å². The number of benzene rings is 1. The average molecular weight is 423 g/mol. The minimum absolute atomic E-state index is 0.0676. The Morgan fingerprint density at radius 2 is 1.81 bits per heavy atom. The second kappa shape index (κ2) is 10.6. The lowest BCUT2D eigenvalue weighted by Crippen LogP contribution is -2.56. The van der Waals surface area contributed by atoms with Crippen molar-refractivity contribution in [1.82, 2.24) is 25.1 Å². The highest BCUT2D eigenvalue weighted by Gasteiger charge is 2.28. The number of likely N-dealkylation sites (tertiary alicyclic amines) is 1. The lowest BCUT2D eigenvalue weighted by molar-refractivity contribution is 0.162. The topological polar surface area (TPSA) is 64.6 Å². The van der Waals surface area contributed by atoms with Crippen LogP contribution in [0.4, 0.5) is 10.5 Å². The molecule has 2 fully saturated rings. The standard InChI is InChI=1S/C24H34N6O/c1-20-17-29(23-15-25-19-26-16-23)13-14-30(20)24(31)27-10-7-21-8-11-28(12-9-21)18-22-5-3-2-4-6-22/h2-6,15-16,19-21H,7-14,17-18H2,1H3,(H,27,31)/t20-/m1/s1. The van der Waals surface area contributed by atoms with Gasteiger partial charge in [0, 0.05) is 38.8 Å². The molecule has 0 saturated carbocycles. The number of nitrogens with one attached hydrogen (secondary N) is 1. The molecule has 3 heterocycles. The largest absolute Gasteiger partial charge is 0.365 e. The molecular weight excluding hydrogens is 388 g/mol. The third-order valence-electron chi connectivity index (χ3n) is 6.59. The number of urea groups is 1. The molecule has 0 unspecified atom stereocenters. The molecule has 2 aromatic rings. The fourth-order valence-electron chi connectivity index (χ4n) is 4.71. The molecule has 0 radical (unpaired) electrons. The fourth-order valence-corrected chi connectivity index (χ4v) is 4.71. The molecular formula is C24H34N6O. The van der Waals surface area contributed by atoms with Crippen LogP contribution in [0.3, 0.4) is 0 Å². The first-order valence-corrected chi connectivity index (χ1v) is 11.5. The summed E-state index contributed by atoms with van der Waals surface area (Å²) in [6.07, 6.45) is 8.72. The molecule has 0 bridgehead atoms. The SMILES string of the molecule is C[C@@H]1CN(c2cncnc2)CCN1C(=O)NCCC1CCN(Cc2ccccc2)CC1. The summed E-state index contributed by atoms with van der Waals surface area (Å²) in [6.45, 7) is 8.56. The lowest BCUT2D eigenvalue weighted by atomic mass is 9.93. The predicted octanol–water partition coefficient (Wildman–Crippen LogP) is 3.00. The number of anilines is 1. The zero-order chi connectivity index (χ0) is 21.5. The summed E-state index contributed by atoms with van der Waals surface area (Å²) in [5, 5.41) is 3.17. The molecule has 1 atom stereocenters. The van der Waals surface area contributed by atoms with Crippen molar-refractivity contribution in [2.45, 2.75) is 38.8 Å². The Kier molecular flexibility index (Phi) is 7.35. The van der Waals surface area contributed by atoms with Crippen LogP contribution in [0, 0.1) is 5.92 Å². The van der Waals surface area contributed by atoms with Crippen molar-refractivity contribution in [2.75, 3.05) is 44.2 Å². The molecule has 7 nitrogen and oxygen atoms in total. The Hall–Kier alpha value is -2.67. The minimum atomic E-state index is 0.0676. The van der Waals surface area contributed by atoms with Crippen LogP contribution in [0.1, 0.15) is 31.7 Å². The van der Waals surface area contributed by atoms with Gasteiger partial charge in [-0.15, -0.1) is 0 Å². The Bertz CT molecular complexity index is 809. The van der Waals surface area contributed by atoms with Gasteiger partial charge in [-0.05, 0) is 50.8 Å². The Morgan fingerprint density at radius 3 is 2.52 bits per heavy atom. The van der Waals surface area contributed by atoms with E-state index in [4.69, 9.17) is 0 Å². The number of piperazine rings is 1. The van der Waals surface area contributed by atoms with Crippen LogP contribution in [0.15, 0.2) is 49.1 Å². The fraction of sp³-hybridized carbons (Fsp3) is 0.542. The predicted molar refractivity (Wildman–Crippen MR) is 123 cm³/mol. The summed E-state index contributed by atoms with van der Waals surface area (Å²) < 4.78 is 0. The first-order chi connectivity index (χ1) is 15.2. The molecule has 1 aromatic heterocycles. The maximum absolute atomic E-state index is 12.7. The van der Waals surface area contributed by atoms with E-state index in [1.165, 1.54) is 18.4 Å². The van der Waals surface area contributed by atoms with E-state index in [1.54, 1.807) is 6.33 Å². The van der Waals surface area contributed by atoms with Crippen molar-refractivity contribution in [3.05, 3.63) is 54.6 Å². The van der Waals surface area contributed by atoms with Crippen LogP contribution >= 0.6 is 0 Å². The summed E-state index contributed by atoms with van der Waals surface area (Å²) in [6, 6.07) is 10.9. The van der Waals surface area contributed by atoms with E-state index in [-0.39, 0.29) is 12.1 Å². The zero-order valence-corrected chi connectivity index (χ0v) is 18.5. The van der Waals surface area contributed by atoms with Crippen molar-refractivity contribution >= 4 is 11.7 Å². The van der Waals surface area contributed by atoms with Crippen molar-refractivity contribution in [1.29, 1.82) is 0 Å². The van der Waals surface area contributed by atoms with E-state index >= 15 is 0 Å². The molecule has 0 spiro atoms. The lowest BCUT2D eigenvalue weighted by Gasteiger charge is -2.40. The molecule has 1 N–H and O–H groups in total. The highest BCUT2D eigenvalue weighted by Crippen LogP contribution is 2.22. The molecule has 2 saturated heterocycles. The normalized spacial score (nSPS) is 20.6. The van der Waals surface area contributed by atoms with Crippen LogP contribution < -0.4 is 10.2 Å². The van der Waals surface area contributed by atoms with Gasteiger partial charge in [-0.25, -0.2) is 14.8 Å². The number of carbonyl (C=O) groups is 1. The summed E-state index contributed by atoms with van der Waals surface area (Å²) in [7, 11) is 0. The maximum atomic E-state index is 12.7. The Morgan fingerprint density at radius 1 is 1.06 bits per heavy atom. The van der Waals surface area contributed by atoms with Gasteiger partial charge in [-0.3, -0.25) is 4.90 Å². The average Bonchev–Trinajstić information content (AvgIpc) is 2.81. The summed E-state index contributed by atoms with van der Waals surface area (Å²) in [5.74, 6) is 0.708. The van der Waals surface area contributed by atoms with Gasteiger partial charge < -0.3 is 15.1 Å². The number of hydrogen-bond acceptors (Lipinski definition) is 5. The maximum Gasteiger partial charge on any atom is 0.317 e. The van der Waals surface area contributed by atoms with Crippen LogP contribution in [-0.4, -0.2) is 71.1 Å². The van der Waals surface area contributed by atoms with Crippen molar-refractivity contribution in [3.8, 4) is 0 Å². The Balaban J connectivity index is 1.14. The van der Waals surface area contributed by atoms with Gasteiger partial charge in [0.1, 0.15) is 6.33 Å². The smallest absolute Gasteiger partial charge is 0.317 e. The van der Waals surface area contributed by atoms with E-state index < -0.39 is 0 Å². The van der Waals surface area contributed by atoms with Crippen LogP contribution in [0.25, 0.3) is 0 Å². The zero-order valence-electron chi connectivity index (χ0n) is 18.5. The van der Waals surface area contributed by atoms with E-state index in [1.807, 2.05) is 17.3 Å². The molecule has 4 rings (SSSR count). The van der Waals surface area contributed by atoms with Crippen molar-refractivity contribution < 1.29 is 4.79 Å². The molecule has 0 aliphatic carbocycles. The van der Waals surface area contributed by atoms with Crippen molar-refractivity contribution in [2.24, 2.45) is 5.92 Å². The third kappa shape index (κ3) is 5.94. The van der Waals surface area contributed by atoms with Crippen LogP contribution in [0.5, 0.6) is 0 Å². The monoisotopic (exact) mass is 422 g/mol. The van der Waals surface area contributed by atoms with Gasteiger partial charge in [0.05, 0.1) is 18.1 Å². The van der Waals surface area contributed by atoms with Crippen LogP contribution in [0.2, 0.25) is 0 Å². The van der Waals surface area contributed by atoms with Gasteiger partial charge >= 0.3 is 6.03 Å². The summed E-state index contributed by atoms with van der Waals surface area (Å²) in [4.78, 5) is 27.7. The third-order valence-corrected chi connectivity index (χ3v) is 6.59. The van der Waals surface area contributed by atoms with Crippen LogP contribution in [-0.2, 0) is 6.54 Å². The van der Waals surface area contributed by atoms with Gasteiger partial charge in [0.25, 0.3) is 0 Å². The number of carbonyl (C=O) groups excluding carboxylic acids is 1. The number of aromatic nitrogens is 2. The Labute approximate surface area is 185 Å². The summed E-state index contributed by atoms with van der Waals surface area (Å²) >= 11 is 0. The quantitative estimate of drug-likeness (QED) is 0.775. The highest BCUT2D eigenvalue weighted by atomic mass is 16.2. The first kappa shape index (κ1) is 21.6.